The molecule has 3 N–H and O–H groups in total. The van der Waals surface area contributed by atoms with Crippen LogP contribution in [0.15, 0.2) is 11.4 Å². The molecule has 2 rings (SSSR count). The third-order valence-electron chi connectivity index (χ3n) is 2.90. The predicted molar refractivity (Wildman–Crippen MR) is 67.2 cm³/mol. The van der Waals surface area contributed by atoms with E-state index in [-0.39, 0.29) is 5.25 Å². The number of nitrogens with two attached hydrogens (primary N) is 1. The smallest absolute Gasteiger partial charge is 0.154 e. The second kappa shape index (κ2) is 4.73. The van der Waals surface area contributed by atoms with Gasteiger partial charge in [0.05, 0.1) is 11.0 Å². The Bertz CT molecular complexity index is 453. The fourth-order valence-electron chi connectivity index (χ4n) is 1.93. The molecule has 0 saturated carbocycles. The van der Waals surface area contributed by atoms with Gasteiger partial charge < -0.3 is 11.1 Å². The maximum absolute atomic E-state index is 11.6. The van der Waals surface area contributed by atoms with Gasteiger partial charge in [0.25, 0.3) is 0 Å². The normalized spacial score (nSPS) is 23.6. The Labute approximate surface area is 99.8 Å². The van der Waals surface area contributed by atoms with Gasteiger partial charge in [-0.1, -0.05) is 0 Å². The first-order valence-electron chi connectivity index (χ1n) is 5.34. The first kappa shape index (κ1) is 11.9. The molecule has 2 heterocycles. The van der Waals surface area contributed by atoms with Crippen molar-refractivity contribution < 1.29 is 8.42 Å². The topological polar surface area (TPSA) is 72.2 Å². The Morgan fingerprint density at radius 3 is 2.94 bits per heavy atom. The van der Waals surface area contributed by atoms with Crippen molar-refractivity contribution in [2.24, 2.45) is 0 Å². The van der Waals surface area contributed by atoms with Gasteiger partial charge in [-0.3, -0.25) is 0 Å². The number of anilines is 1. The summed E-state index contributed by atoms with van der Waals surface area (Å²) in [4.78, 5) is 1.08. The Kier molecular flexibility index (Phi) is 3.51. The molecule has 0 spiro atoms. The lowest BCUT2D eigenvalue weighted by Gasteiger charge is -2.10. The molecule has 0 aromatic carbocycles. The van der Waals surface area contributed by atoms with E-state index in [4.69, 9.17) is 5.73 Å². The van der Waals surface area contributed by atoms with Crippen LogP contribution in [0.5, 0.6) is 0 Å². The lowest BCUT2D eigenvalue weighted by Crippen LogP contribution is -2.30. The lowest BCUT2D eigenvalue weighted by atomic mass is 10.2. The van der Waals surface area contributed by atoms with Crippen molar-refractivity contribution in [3.63, 3.8) is 0 Å². The average Bonchev–Trinajstić information content (AvgIpc) is 2.75. The maximum Gasteiger partial charge on any atom is 0.154 e. The molecular weight excluding hydrogens is 244 g/mol. The number of nitrogens with one attached hydrogen (secondary N) is 1. The largest absolute Gasteiger partial charge is 0.398 e. The molecule has 4 nitrogen and oxygen atoms in total. The zero-order valence-corrected chi connectivity index (χ0v) is 10.6. The third-order valence-corrected chi connectivity index (χ3v) is 6.11. The molecule has 90 valence electrons. The van der Waals surface area contributed by atoms with E-state index in [2.05, 4.69) is 5.32 Å². The summed E-state index contributed by atoms with van der Waals surface area (Å²) in [6.07, 6.45) is 1.59. The van der Waals surface area contributed by atoms with Gasteiger partial charge in [-0.15, -0.1) is 11.3 Å². The van der Waals surface area contributed by atoms with E-state index in [0.29, 0.717) is 18.8 Å². The van der Waals surface area contributed by atoms with Crippen molar-refractivity contribution in [3.05, 3.63) is 16.3 Å². The van der Waals surface area contributed by atoms with Gasteiger partial charge in [0, 0.05) is 23.7 Å². The van der Waals surface area contributed by atoms with Crippen molar-refractivity contribution in [3.8, 4) is 0 Å². The van der Waals surface area contributed by atoms with Crippen LogP contribution in [0, 0.1) is 0 Å². The van der Waals surface area contributed by atoms with Crippen LogP contribution in [0.2, 0.25) is 0 Å². The van der Waals surface area contributed by atoms with E-state index in [9.17, 15) is 8.42 Å². The minimum Gasteiger partial charge on any atom is -0.398 e. The monoisotopic (exact) mass is 260 g/mol. The predicted octanol–water partition coefficient (Wildman–Crippen LogP) is 0.997. The molecule has 1 unspecified atom stereocenters. The molecule has 1 aromatic rings. The number of thiophene rings is 1. The van der Waals surface area contributed by atoms with Crippen LogP contribution >= 0.6 is 11.3 Å². The number of hydrogen-bond acceptors (Lipinski definition) is 5. The van der Waals surface area contributed by atoms with E-state index in [1.165, 1.54) is 0 Å². The number of nitrogen functional groups attached to an aromatic ring is 1. The van der Waals surface area contributed by atoms with Gasteiger partial charge >= 0.3 is 0 Å². The molecule has 16 heavy (non-hydrogen) atoms. The Morgan fingerprint density at radius 1 is 1.56 bits per heavy atom. The highest BCUT2D eigenvalue weighted by molar-refractivity contribution is 7.92. The van der Waals surface area contributed by atoms with Gasteiger partial charge in [-0.2, -0.15) is 0 Å². The summed E-state index contributed by atoms with van der Waals surface area (Å²) in [6, 6.07) is 1.87. The number of rotatable bonds is 4. The average molecular weight is 260 g/mol. The van der Waals surface area contributed by atoms with Gasteiger partial charge in [-0.05, 0) is 24.3 Å². The molecule has 0 bridgehead atoms. The van der Waals surface area contributed by atoms with Crippen LogP contribution in [0.1, 0.15) is 17.7 Å². The van der Waals surface area contributed by atoms with Gasteiger partial charge in [0.15, 0.2) is 9.84 Å². The molecule has 1 aliphatic rings. The summed E-state index contributed by atoms with van der Waals surface area (Å²) in [5.41, 5.74) is 6.52. The molecular formula is C10H16N2O2S2. The molecule has 0 radical (unpaired) electrons. The molecule has 1 atom stereocenters. The summed E-state index contributed by atoms with van der Waals surface area (Å²) in [7, 11) is -2.83. The van der Waals surface area contributed by atoms with Crippen LogP contribution in [-0.4, -0.2) is 26.0 Å². The van der Waals surface area contributed by atoms with Gasteiger partial charge in [0.2, 0.25) is 0 Å². The van der Waals surface area contributed by atoms with E-state index in [1.54, 1.807) is 11.3 Å². The van der Waals surface area contributed by atoms with E-state index in [0.717, 1.165) is 23.4 Å². The second-order valence-corrected chi connectivity index (χ2v) is 7.46. The van der Waals surface area contributed by atoms with Crippen molar-refractivity contribution in [2.45, 2.75) is 24.6 Å². The lowest BCUT2D eigenvalue weighted by molar-refractivity contribution is 0.575. The second-order valence-electron chi connectivity index (χ2n) is 4.06. The summed E-state index contributed by atoms with van der Waals surface area (Å²) >= 11 is 1.59. The van der Waals surface area contributed by atoms with Crippen LogP contribution < -0.4 is 11.1 Å². The summed E-state index contributed by atoms with van der Waals surface area (Å²) in [5.74, 6) is 0.348. The summed E-state index contributed by atoms with van der Waals surface area (Å²) in [6.45, 7) is 1.20. The highest BCUT2D eigenvalue weighted by Crippen LogP contribution is 2.21. The standard InChI is InChI=1S/C10H16N2O2S2/c11-9-3-4-15-10(9)7-12-6-8-2-1-5-16(8,13)14/h3-4,8,12H,1-2,5-7,11H2. The molecule has 1 aliphatic heterocycles. The van der Waals surface area contributed by atoms with Crippen LogP contribution in [0.3, 0.4) is 0 Å². The fraction of sp³-hybridized carbons (Fsp3) is 0.600. The minimum atomic E-state index is -2.83. The van der Waals surface area contributed by atoms with Crippen molar-refractivity contribution in [1.82, 2.24) is 5.32 Å². The molecule has 1 fully saturated rings. The quantitative estimate of drug-likeness (QED) is 0.847. The van der Waals surface area contributed by atoms with Crippen molar-refractivity contribution in [2.75, 3.05) is 18.0 Å². The van der Waals surface area contributed by atoms with E-state index in [1.807, 2.05) is 11.4 Å². The molecule has 6 heteroatoms. The first-order chi connectivity index (χ1) is 7.59. The highest BCUT2D eigenvalue weighted by Gasteiger charge is 2.30. The van der Waals surface area contributed by atoms with Crippen molar-refractivity contribution >= 4 is 26.9 Å². The molecule has 1 saturated heterocycles. The zero-order chi connectivity index (χ0) is 11.6. The van der Waals surface area contributed by atoms with Crippen LogP contribution in [-0.2, 0) is 16.4 Å². The van der Waals surface area contributed by atoms with Gasteiger partial charge in [0.1, 0.15) is 0 Å². The molecule has 0 aliphatic carbocycles. The van der Waals surface area contributed by atoms with E-state index < -0.39 is 9.84 Å². The Balaban J connectivity index is 1.83. The Morgan fingerprint density at radius 2 is 2.38 bits per heavy atom. The maximum atomic E-state index is 11.6. The van der Waals surface area contributed by atoms with Crippen molar-refractivity contribution in [1.29, 1.82) is 0 Å². The SMILES string of the molecule is Nc1ccsc1CNCC1CCCS1(=O)=O. The fourth-order valence-corrected chi connectivity index (χ4v) is 4.50. The third kappa shape index (κ3) is 2.56. The van der Waals surface area contributed by atoms with Gasteiger partial charge in [-0.25, -0.2) is 8.42 Å². The van der Waals surface area contributed by atoms with E-state index >= 15 is 0 Å². The summed E-state index contributed by atoms with van der Waals surface area (Å²) < 4.78 is 23.1. The number of sulfone groups is 1. The minimum absolute atomic E-state index is 0.200. The Hall–Kier alpha value is -0.590. The summed E-state index contributed by atoms with van der Waals surface area (Å²) in [5, 5.41) is 4.92. The molecule has 0 amide bonds. The van der Waals surface area contributed by atoms with Crippen LogP contribution in [0.4, 0.5) is 5.69 Å². The highest BCUT2D eigenvalue weighted by atomic mass is 32.2. The van der Waals surface area contributed by atoms with Crippen LogP contribution in [0.25, 0.3) is 0 Å². The first-order valence-corrected chi connectivity index (χ1v) is 7.93. The number of hydrogen-bond donors (Lipinski definition) is 2. The zero-order valence-electron chi connectivity index (χ0n) is 8.98. The molecule has 1 aromatic heterocycles.